The van der Waals surface area contributed by atoms with Crippen molar-refractivity contribution < 1.29 is 19.2 Å². The number of nitrogens with two attached hydrogens (primary N) is 4. The number of rotatable bonds is 15. The minimum absolute atomic E-state index is 0.0847. The van der Waals surface area contributed by atoms with Gasteiger partial charge in [0.2, 0.25) is 17.7 Å². The number of nitrogen functional groups attached to an aromatic ring is 1. The third-order valence-corrected chi connectivity index (χ3v) is 7.59. The molecule has 0 spiro atoms. The second kappa shape index (κ2) is 16.7. The van der Waals surface area contributed by atoms with E-state index in [9.17, 15) is 19.2 Å². The number of carbonyl (C=O) groups excluding carboxylic acids is 4. The zero-order valence-corrected chi connectivity index (χ0v) is 24.5. The number of anilines is 1. The molecule has 1 fully saturated rings. The Hall–Kier alpha value is -4.61. The van der Waals surface area contributed by atoms with E-state index in [1.807, 2.05) is 30.3 Å². The van der Waals surface area contributed by atoms with Gasteiger partial charge in [0, 0.05) is 24.2 Å². The van der Waals surface area contributed by atoms with Gasteiger partial charge in [-0.25, -0.2) is 0 Å². The van der Waals surface area contributed by atoms with Crippen molar-refractivity contribution in [3.63, 3.8) is 0 Å². The number of benzene rings is 2. The van der Waals surface area contributed by atoms with Crippen molar-refractivity contribution in [2.45, 2.75) is 75.9 Å². The van der Waals surface area contributed by atoms with Gasteiger partial charge in [-0.2, -0.15) is 0 Å². The van der Waals surface area contributed by atoms with Gasteiger partial charge in [-0.15, -0.1) is 0 Å². The van der Waals surface area contributed by atoms with Crippen LogP contribution in [0.15, 0.2) is 59.6 Å². The first-order valence-electron chi connectivity index (χ1n) is 14.8. The minimum Gasteiger partial charge on any atom is -0.399 e. The average Bonchev–Trinajstić information content (AvgIpc) is 2.98. The predicted octanol–water partition coefficient (Wildman–Crippen LogP) is 1.09. The Morgan fingerprint density at radius 3 is 2.14 bits per heavy atom. The average molecular weight is 593 g/mol. The van der Waals surface area contributed by atoms with Gasteiger partial charge >= 0.3 is 0 Å². The topological polar surface area (TPSA) is 221 Å². The predicted molar refractivity (Wildman–Crippen MR) is 166 cm³/mol. The van der Waals surface area contributed by atoms with Crippen molar-refractivity contribution >= 4 is 35.3 Å². The van der Waals surface area contributed by atoms with E-state index in [1.54, 1.807) is 24.3 Å². The fraction of sp³-hybridized carbons (Fsp3) is 0.452. The van der Waals surface area contributed by atoms with Crippen molar-refractivity contribution in [2.24, 2.45) is 28.1 Å². The summed E-state index contributed by atoms with van der Waals surface area (Å²) in [6.07, 6.45) is 6.37. The highest BCUT2D eigenvalue weighted by Gasteiger charge is 2.31. The first-order chi connectivity index (χ1) is 20.6. The minimum atomic E-state index is -1.03. The van der Waals surface area contributed by atoms with E-state index < -0.39 is 41.8 Å². The van der Waals surface area contributed by atoms with Gasteiger partial charge in [-0.1, -0.05) is 68.5 Å². The van der Waals surface area contributed by atoms with Crippen molar-refractivity contribution in [2.75, 3.05) is 12.3 Å². The first kappa shape index (κ1) is 32.9. The smallest absolute Gasteiger partial charge is 0.252 e. The SMILES string of the molecule is NC(=O)[C@H](Cc1ccccc1)NC(=O)[C@H](CCCN=C(N)N)NC(=O)[C@H](CC1CCCCC1)NC(=O)c1cccc(N)c1. The molecular formula is C31H44N8O4. The van der Waals surface area contributed by atoms with Crippen LogP contribution in [0.5, 0.6) is 0 Å². The maximum atomic E-state index is 13.7. The highest BCUT2D eigenvalue weighted by molar-refractivity contribution is 5.99. The van der Waals surface area contributed by atoms with E-state index in [4.69, 9.17) is 22.9 Å². The summed E-state index contributed by atoms with van der Waals surface area (Å²) in [6, 6.07) is 12.8. The van der Waals surface area contributed by atoms with Crippen LogP contribution in [0.2, 0.25) is 0 Å². The van der Waals surface area contributed by atoms with Crippen LogP contribution in [0.3, 0.4) is 0 Å². The molecule has 2 aromatic rings. The summed E-state index contributed by atoms with van der Waals surface area (Å²) in [5.74, 6) is -2.04. The normalized spacial score (nSPS) is 15.3. The monoisotopic (exact) mass is 592 g/mol. The number of nitrogens with one attached hydrogen (secondary N) is 3. The van der Waals surface area contributed by atoms with Crippen LogP contribution < -0.4 is 38.9 Å². The van der Waals surface area contributed by atoms with Gasteiger partial charge in [0.15, 0.2) is 5.96 Å². The molecule has 0 aromatic heterocycles. The third kappa shape index (κ3) is 11.3. The number of primary amides is 1. The molecule has 0 saturated heterocycles. The van der Waals surface area contributed by atoms with Gasteiger partial charge < -0.3 is 38.9 Å². The molecule has 232 valence electrons. The highest BCUT2D eigenvalue weighted by Crippen LogP contribution is 2.27. The standard InChI is InChI=1S/C31H44N8O4/c32-23-14-7-13-22(19-23)28(41)39-26(18-21-11-5-2-6-12-21)30(43)37-24(15-8-16-36-31(34)35)29(42)38-25(27(33)40)17-20-9-3-1-4-10-20/h1,3-4,7,9-10,13-14,19,21,24-26H,2,5-6,8,11-12,15-18,32H2,(H2,33,40)(H,37,43)(H,38,42)(H,39,41)(H4,34,35,36)/t24-,25-,26-/m0/s1. The Morgan fingerprint density at radius 1 is 0.814 bits per heavy atom. The number of guanidine groups is 1. The van der Waals surface area contributed by atoms with Crippen LogP contribution in [-0.2, 0) is 20.8 Å². The molecule has 12 nitrogen and oxygen atoms in total. The van der Waals surface area contributed by atoms with Gasteiger partial charge in [-0.3, -0.25) is 24.2 Å². The molecule has 0 bridgehead atoms. The molecule has 1 saturated carbocycles. The van der Waals surface area contributed by atoms with E-state index in [-0.39, 0.29) is 31.3 Å². The van der Waals surface area contributed by atoms with Crippen molar-refractivity contribution in [3.05, 3.63) is 65.7 Å². The maximum Gasteiger partial charge on any atom is 0.252 e. The van der Waals surface area contributed by atoms with Crippen molar-refractivity contribution in [1.82, 2.24) is 16.0 Å². The van der Waals surface area contributed by atoms with Crippen LogP contribution in [0.4, 0.5) is 5.69 Å². The zero-order chi connectivity index (χ0) is 31.2. The number of hydrogen-bond acceptors (Lipinski definition) is 6. The number of carbonyl (C=O) groups is 4. The molecule has 12 heteroatoms. The number of hydrogen-bond donors (Lipinski definition) is 7. The van der Waals surface area contributed by atoms with E-state index in [0.29, 0.717) is 24.1 Å². The zero-order valence-electron chi connectivity index (χ0n) is 24.5. The van der Waals surface area contributed by atoms with Gasteiger partial charge in [0.05, 0.1) is 0 Å². The molecule has 0 aliphatic heterocycles. The Labute approximate surface area is 252 Å². The van der Waals surface area contributed by atoms with Crippen molar-refractivity contribution in [1.29, 1.82) is 0 Å². The van der Waals surface area contributed by atoms with Gasteiger partial charge in [0.25, 0.3) is 5.91 Å². The van der Waals surface area contributed by atoms with Crippen molar-refractivity contribution in [3.8, 4) is 0 Å². The summed E-state index contributed by atoms with van der Waals surface area (Å²) < 4.78 is 0. The molecule has 1 aliphatic carbocycles. The Balaban J connectivity index is 1.78. The third-order valence-electron chi connectivity index (χ3n) is 7.59. The highest BCUT2D eigenvalue weighted by atomic mass is 16.2. The second-order valence-corrected chi connectivity index (χ2v) is 11.1. The van der Waals surface area contributed by atoms with E-state index in [0.717, 1.165) is 37.7 Å². The van der Waals surface area contributed by atoms with E-state index >= 15 is 0 Å². The summed E-state index contributed by atoms with van der Waals surface area (Å²) in [4.78, 5) is 56.5. The molecule has 0 heterocycles. The summed E-state index contributed by atoms with van der Waals surface area (Å²) in [5, 5.41) is 8.37. The lowest BCUT2D eigenvalue weighted by atomic mass is 9.84. The molecule has 1 aliphatic rings. The van der Waals surface area contributed by atoms with Crippen LogP contribution in [0, 0.1) is 5.92 Å². The molecule has 3 atom stereocenters. The molecule has 11 N–H and O–H groups in total. The molecule has 4 amide bonds. The fourth-order valence-corrected chi connectivity index (χ4v) is 5.30. The van der Waals surface area contributed by atoms with E-state index in [1.165, 1.54) is 0 Å². The largest absolute Gasteiger partial charge is 0.399 e. The molecule has 0 unspecified atom stereocenters. The Morgan fingerprint density at radius 2 is 1.49 bits per heavy atom. The van der Waals surface area contributed by atoms with E-state index in [2.05, 4.69) is 20.9 Å². The second-order valence-electron chi connectivity index (χ2n) is 11.1. The quantitative estimate of drug-likeness (QED) is 0.0689. The number of nitrogens with zero attached hydrogens (tertiary/aromatic N) is 1. The van der Waals surface area contributed by atoms with Gasteiger partial charge in [0.1, 0.15) is 18.1 Å². The summed E-state index contributed by atoms with van der Waals surface area (Å²) in [7, 11) is 0. The fourth-order valence-electron chi connectivity index (χ4n) is 5.30. The summed E-state index contributed by atoms with van der Waals surface area (Å²) in [5.41, 5.74) is 23.9. The van der Waals surface area contributed by atoms with Crippen LogP contribution in [0.25, 0.3) is 0 Å². The molecule has 3 rings (SSSR count). The summed E-state index contributed by atoms with van der Waals surface area (Å²) in [6.45, 7) is 0.239. The Bertz CT molecular complexity index is 1260. The lowest BCUT2D eigenvalue weighted by Crippen LogP contribution is -2.57. The lowest BCUT2D eigenvalue weighted by Gasteiger charge is -2.28. The molecular weight excluding hydrogens is 548 g/mol. The maximum absolute atomic E-state index is 13.7. The summed E-state index contributed by atoms with van der Waals surface area (Å²) >= 11 is 0. The molecule has 0 radical (unpaired) electrons. The lowest BCUT2D eigenvalue weighted by molar-refractivity contribution is -0.132. The number of amides is 4. The van der Waals surface area contributed by atoms with Gasteiger partial charge in [-0.05, 0) is 48.9 Å². The molecule has 2 aromatic carbocycles. The Kier molecular flexibility index (Phi) is 12.8. The van der Waals surface area contributed by atoms with Crippen LogP contribution in [-0.4, -0.2) is 54.3 Å². The first-order valence-corrected chi connectivity index (χ1v) is 14.8. The van der Waals surface area contributed by atoms with Crippen LogP contribution >= 0.6 is 0 Å². The van der Waals surface area contributed by atoms with Crippen LogP contribution in [0.1, 0.15) is 67.3 Å². The number of aliphatic imine (C=N–C) groups is 1. The molecule has 43 heavy (non-hydrogen) atoms.